The number of fused-ring (bicyclic) bond motifs is 1. The van der Waals surface area contributed by atoms with Crippen LogP contribution in [0.5, 0.6) is 0 Å². The van der Waals surface area contributed by atoms with Crippen molar-refractivity contribution in [3.8, 4) is 0 Å². The summed E-state index contributed by atoms with van der Waals surface area (Å²) in [6.07, 6.45) is 5.55. The largest absolute Gasteiger partial charge is 0.355 e. The molecule has 1 aromatic heterocycles. The number of carbonyl (C=O) groups is 1. The van der Waals surface area contributed by atoms with Gasteiger partial charge in [0.1, 0.15) is 0 Å². The van der Waals surface area contributed by atoms with E-state index in [2.05, 4.69) is 10.2 Å². The van der Waals surface area contributed by atoms with Gasteiger partial charge in [0.05, 0.1) is 23.5 Å². The number of piperidine rings is 2. The molecule has 35 heavy (non-hydrogen) atoms. The van der Waals surface area contributed by atoms with Crippen LogP contribution in [-0.2, 0) is 11.3 Å². The minimum absolute atomic E-state index is 0.0945. The highest BCUT2D eigenvalue weighted by molar-refractivity contribution is 5.80. The molecule has 3 heterocycles. The lowest BCUT2D eigenvalue weighted by molar-refractivity contribution is -0.125. The van der Waals surface area contributed by atoms with Gasteiger partial charge in [-0.25, -0.2) is 4.98 Å². The SMILES string of the molecule is O=C(NCCN1CCCCC1)[C@H]1CCCN(c2nc3ccccc3n(Cc3ccccc3)c2=O)C1. The number of benzene rings is 2. The molecule has 2 fully saturated rings. The van der Waals surface area contributed by atoms with Gasteiger partial charge in [-0.15, -0.1) is 0 Å². The highest BCUT2D eigenvalue weighted by atomic mass is 16.2. The monoisotopic (exact) mass is 473 g/mol. The van der Waals surface area contributed by atoms with Crippen molar-refractivity contribution in [2.24, 2.45) is 5.92 Å². The van der Waals surface area contributed by atoms with Crippen LogP contribution >= 0.6 is 0 Å². The molecule has 0 aliphatic carbocycles. The molecule has 0 unspecified atom stereocenters. The van der Waals surface area contributed by atoms with Gasteiger partial charge >= 0.3 is 0 Å². The molecule has 5 rings (SSSR count). The van der Waals surface area contributed by atoms with Crippen LogP contribution in [0.25, 0.3) is 11.0 Å². The molecular formula is C28H35N5O2. The fourth-order valence-electron chi connectivity index (χ4n) is 5.36. The van der Waals surface area contributed by atoms with E-state index >= 15 is 0 Å². The predicted octanol–water partition coefficient (Wildman–Crippen LogP) is 3.26. The summed E-state index contributed by atoms with van der Waals surface area (Å²) in [6.45, 7) is 5.63. The predicted molar refractivity (Wildman–Crippen MR) is 140 cm³/mol. The molecule has 2 aliphatic rings. The summed E-state index contributed by atoms with van der Waals surface area (Å²) < 4.78 is 1.81. The summed E-state index contributed by atoms with van der Waals surface area (Å²) in [4.78, 5) is 35.9. The maximum absolute atomic E-state index is 13.7. The fourth-order valence-corrected chi connectivity index (χ4v) is 5.36. The number of anilines is 1. The lowest BCUT2D eigenvalue weighted by Gasteiger charge is -2.33. The summed E-state index contributed by atoms with van der Waals surface area (Å²) in [5.74, 6) is 0.419. The second kappa shape index (κ2) is 11.0. The first-order valence-corrected chi connectivity index (χ1v) is 13.0. The van der Waals surface area contributed by atoms with E-state index in [0.717, 1.165) is 55.6 Å². The Kier molecular flexibility index (Phi) is 7.42. The molecule has 2 aromatic carbocycles. The summed E-state index contributed by atoms with van der Waals surface area (Å²) in [5, 5.41) is 3.15. The average molecular weight is 474 g/mol. The van der Waals surface area contributed by atoms with Crippen LogP contribution in [0.15, 0.2) is 59.4 Å². The van der Waals surface area contributed by atoms with E-state index in [0.29, 0.717) is 25.5 Å². The van der Waals surface area contributed by atoms with Crippen LogP contribution in [0.1, 0.15) is 37.7 Å². The molecule has 7 heteroatoms. The van der Waals surface area contributed by atoms with Gasteiger partial charge in [-0.1, -0.05) is 48.9 Å². The standard InChI is InChI=1S/C28H35N5O2/c34-27(29-15-19-31-16-7-2-8-17-31)23-12-9-18-32(21-23)26-28(35)33(20-22-10-3-1-4-11-22)25-14-6-5-13-24(25)30-26/h1,3-6,10-11,13-14,23H,2,7-9,12,15-21H2,(H,29,34)/t23-/m0/s1. The molecule has 1 atom stereocenters. The van der Waals surface area contributed by atoms with Gasteiger partial charge in [0.25, 0.3) is 5.56 Å². The second-order valence-corrected chi connectivity index (χ2v) is 9.78. The Morgan fingerprint density at radius 1 is 0.943 bits per heavy atom. The van der Waals surface area contributed by atoms with Crippen molar-refractivity contribution in [1.82, 2.24) is 19.8 Å². The molecule has 0 bridgehead atoms. The van der Waals surface area contributed by atoms with E-state index in [1.807, 2.05) is 64.1 Å². The number of carbonyl (C=O) groups excluding carboxylic acids is 1. The van der Waals surface area contributed by atoms with Crippen molar-refractivity contribution in [2.75, 3.05) is 44.2 Å². The topological polar surface area (TPSA) is 70.5 Å². The van der Waals surface area contributed by atoms with Gasteiger partial charge in [0, 0.05) is 26.2 Å². The Morgan fingerprint density at radius 3 is 2.54 bits per heavy atom. The van der Waals surface area contributed by atoms with Crippen LogP contribution in [-0.4, -0.2) is 59.6 Å². The average Bonchev–Trinajstić information content (AvgIpc) is 2.91. The molecule has 1 N–H and O–H groups in total. The third-order valence-corrected chi connectivity index (χ3v) is 7.29. The van der Waals surface area contributed by atoms with E-state index in [4.69, 9.17) is 4.98 Å². The quantitative estimate of drug-likeness (QED) is 0.570. The Labute approximate surface area is 206 Å². The summed E-state index contributed by atoms with van der Waals surface area (Å²) in [5.41, 5.74) is 2.60. The Morgan fingerprint density at radius 2 is 1.71 bits per heavy atom. The molecule has 0 saturated carbocycles. The first kappa shape index (κ1) is 23.5. The smallest absolute Gasteiger partial charge is 0.294 e. The normalized spacial score (nSPS) is 19.1. The number of nitrogens with zero attached hydrogens (tertiary/aromatic N) is 4. The second-order valence-electron chi connectivity index (χ2n) is 9.78. The molecule has 184 valence electrons. The summed E-state index contributed by atoms with van der Waals surface area (Å²) in [6, 6.07) is 17.8. The third-order valence-electron chi connectivity index (χ3n) is 7.29. The van der Waals surface area contributed by atoms with Crippen molar-refractivity contribution in [1.29, 1.82) is 0 Å². The Bertz CT molecular complexity index is 1200. The van der Waals surface area contributed by atoms with E-state index in [-0.39, 0.29) is 17.4 Å². The van der Waals surface area contributed by atoms with Gasteiger partial charge in [-0.2, -0.15) is 0 Å². The van der Waals surface area contributed by atoms with Gasteiger partial charge in [-0.05, 0) is 56.5 Å². The van der Waals surface area contributed by atoms with E-state index in [9.17, 15) is 9.59 Å². The number of rotatable bonds is 7. The molecule has 0 spiro atoms. The highest BCUT2D eigenvalue weighted by Gasteiger charge is 2.28. The van der Waals surface area contributed by atoms with Gasteiger partial charge in [-0.3, -0.25) is 14.2 Å². The first-order valence-electron chi connectivity index (χ1n) is 13.0. The maximum Gasteiger partial charge on any atom is 0.294 e. The zero-order chi connectivity index (χ0) is 24.0. The molecular weight excluding hydrogens is 438 g/mol. The zero-order valence-electron chi connectivity index (χ0n) is 20.4. The fraction of sp³-hybridized carbons (Fsp3) is 0.464. The number of nitrogens with one attached hydrogen (secondary N) is 1. The summed E-state index contributed by atoms with van der Waals surface area (Å²) >= 11 is 0. The molecule has 1 amide bonds. The lowest BCUT2D eigenvalue weighted by atomic mass is 9.97. The van der Waals surface area contributed by atoms with Crippen molar-refractivity contribution in [3.63, 3.8) is 0 Å². The van der Waals surface area contributed by atoms with Gasteiger partial charge in [0.2, 0.25) is 5.91 Å². The van der Waals surface area contributed by atoms with E-state index < -0.39 is 0 Å². The van der Waals surface area contributed by atoms with Crippen molar-refractivity contribution in [2.45, 2.75) is 38.6 Å². The molecule has 2 aliphatic heterocycles. The van der Waals surface area contributed by atoms with Gasteiger partial charge in [0.15, 0.2) is 5.82 Å². The molecule has 0 radical (unpaired) electrons. The third kappa shape index (κ3) is 5.56. The van der Waals surface area contributed by atoms with Gasteiger partial charge < -0.3 is 15.1 Å². The minimum atomic E-state index is -0.125. The van der Waals surface area contributed by atoms with Crippen LogP contribution in [0.4, 0.5) is 5.82 Å². The van der Waals surface area contributed by atoms with Crippen LogP contribution in [0, 0.1) is 5.92 Å². The molecule has 3 aromatic rings. The van der Waals surface area contributed by atoms with Crippen molar-refractivity contribution >= 4 is 22.8 Å². The number of aromatic nitrogens is 2. The number of likely N-dealkylation sites (tertiary alicyclic amines) is 1. The van der Waals surface area contributed by atoms with Crippen LogP contribution < -0.4 is 15.8 Å². The van der Waals surface area contributed by atoms with E-state index in [1.165, 1.54) is 19.3 Å². The van der Waals surface area contributed by atoms with Crippen LogP contribution in [0.2, 0.25) is 0 Å². The number of para-hydroxylation sites is 2. The summed E-state index contributed by atoms with van der Waals surface area (Å²) in [7, 11) is 0. The Hall–Kier alpha value is -3.19. The number of hydrogen-bond donors (Lipinski definition) is 1. The Balaban J connectivity index is 1.32. The number of amides is 1. The van der Waals surface area contributed by atoms with Crippen LogP contribution in [0.3, 0.4) is 0 Å². The van der Waals surface area contributed by atoms with Crippen molar-refractivity contribution < 1.29 is 4.79 Å². The lowest BCUT2D eigenvalue weighted by Crippen LogP contribution is -2.47. The first-order chi connectivity index (χ1) is 17.2. The minimum Gasteiger partial charge on any atom is -0.355 e. The van der Waals surface area contributed by atoms with E-state index in [1.54, 1.807) is 0 Å². The maximum atomic E-state index is 13.7. The number of hydrogen-bond acceptors (Lipinski definition) is 5. The van der Waals surface area contributed by atoms with Crippen molar-refractivity contribution in [3.05, 3.63) is 70.5 Å². The molecule has 2 saturated heterocycles. The highest BCUT2D eigenvalue weighted by Crippen LogP contribution is 2.22. The zero-order valence-corrected chi connectivity index (χ0v) is 20.4. The molecule has 7 nitrogen and oxygen atoms in total.